The topological polar surface area (TPSA) is 108 Å². The van der Waals surface area contributed by atoms with Crippen LogP contribution in [0.4, 0.5) is 11.4 Å². The lowest BCUT2D eigenvalue weighted by Gasteiger charge is -2.24. The fourth-order valence-electron chi connectivity index (χ4n) is 4.60. The summed E-state index contributed by atoms with van der Waals surface area (Å²) in [7, 11) is 0. The molecule has 0 bridgehead atoms. The van der Waals surface area contributed by atoms with Crippen LogP contribution >= 0.6 is 0 Å². The first-order valence-electron chi connectivity index (χ1n) is 13.4. The number of benzene rings is 3. The third-order valence-corrected chi connectivity index (χ3v) is 6.71. The smallest absolute Gasteiger partial charge is 0.247 e. The number of amides is 4. The summed E-state index contributed by atoms with van der Waals surface area (Å²) < 4.78 is 0. The largest absolute Gasteiger partial charge is 0.345 e. The fraction of sp³-hybridized carbons (Fsp3) is 0.250. The van der Waals surface area contributed by atoms with Crippen molar-refractivity contribution in [2.45, 2.75) is 45.2 Å². The maximum Gasteiger partial charge on any atom is 0.247 e. The molecule has 1 heterocycles. The molecule has 4 amide bonds. The quantitative estimate of drug-likeness (QED) is 0.349. The number of rotatable bonds is 9. The average molecular weight is 539 g/mol. The molecule has 3 N–H and O–H groups in total. The van der Waals surface area contributed by atoms with Crippen LogP contribution in [0.5, 0.6) is 0 Å². The molecule has 1 fully saturated rings. The zero-order valence-electron chi connectivity index (χ0n) is 22.7. The highest BCUT2D eigenvalue weighted by Crippen LogP contribution is 2.21. The second-order valence-electron chi connectivity index (χ2n) is 9.89. The molecule has 40 heavy (non-hydrogen) atoms. The molecule has 0 radical (unpaired) electrons. The summed E-state index contributed by atoms with van der Waals surface area (Å²) in [5.74, 6) is -0.740. The van der Waals surface area contributed by atoms with Gasteiger partial charge in [-0.05, 0) is 60.7 Å². The summed E-state index contributed by atoms with van der Waals surface area (Å²) in [5.41, 5.74) is 4.17. The summed E-state index contributed by atoms with van der Waals surface area (Å²) in [6, 6.07) is 23.4. The zero-order chi connectivity index (χ0) is 28.5. The molecule has 206 valence electrons. The Labute approximate surface area is 234 Å². The molecule has 1 saturated heterocycles. The molecule has 4 rings (SSSR count). The molecule has 0 unspecified atom stereocenters. The Balaban J connectivity index is 1.29. The van der Waals surface area contributed by atoms with Gasteiger partial charge in [-0.2, -0.15) is 0 Å². The minimum Gasteiger partial charge on any atom is -0.345 e. The van der Waals surface area contributed by atoms with Crippen LogP contribution in [0, 0.1) is 0 Å². The van der Waals surface area contributed by atoms with E-state index in [2.05, 4.69) is 16.0 Å². The van der Waals surface area contributed by atoms with E-state index in [0.29, 0.717) is 30.8 Å². The molecule has 8 nitrogen and oxygen atoms in total. The van der Waals surface area contributed by atoms with Crippen LogP contribution in [0.1, 0.15) is 43.4 Å². The molecule has 8 heteroatoms. The summed E-state index contributed by atoms with van der Waals surface area (Å²) in [5, 5.41) is 8.29. The minimum absolute atomic E-state index is 0.0284. The van der Waals surface area contributed by atoms with Crippen LogP contribution < -0.4 is 16.0 Å². The van der Waals surface area contributed by atoms with Crippen molar-refractivity contribution in [2.75, 3.05) is 17.2 Å². The highest BCUT2D eigenvalue weighted by atomic mass is 16.2. The number of anilines is 2. The van der Waals surface area contributed by atoms with Crippen molar-refractivity contribution >= 4 is 47.2 Å². The molecule has 3 aromatic rings. The number of nitrogens with one attached hydrogen (secondary N) is 3. The molecule has 3 aromatic carbocycles. The number of hydrogen-bond acceptors (Lipinski definition) is 4. The van der Waals surface area contributed by atoms with Crippen LogP contribution in [-0.2, 0) is 25.6 Å². The van der Waals surface area contributed by atoms with E-state index in [4.69, 9.17) is 0 Å². The van der Waals surface area contributed by atoms with Crippen molar-refractivity contribution in [3.8, 4) is 0 Å². The second-order valence-corrected chi connectivity index (χ2v) is 9.89. The lowest BCUT2D eigenvalue weighted by molar-refractivity contribution is -0.136. The van der Waals surface area contributed by atoms with Gasteiger partial charge in [-0.25, -0.2) is 0 Å². The molecule has 0 aromatic heterocycles. The van der Waals surface area contributed by atoms with Crippen molar-refractivity contribution < 1.29 is 19.2 Å². The first-order chi connectivity index (χ1) is 19.3. The predicted molar refractivity (Wildman–Crippen MR) is 157 cm³/mol. The van der Waals surface area contributed by atoms with E-state index in [9.17, 15) is 19.2 Å². The minimum atomic E-state index is -0.621. The van der Waals surface area contributed by atoms with Crippen LogP contribution in [0.3, 0.4) is 0 Å². The molecule has 1 aliphatic rings. The summed E-state index contributed by atoms with van der Waals surface area (Å²) in [6.45, 7) is 3.59. The Kier molecular flexibility index (Phi) is 9.46. The van der Waals surface area contributed by atoms with Gasteiger partial charge in [0, 0.05) is 24.8 Å². The van der Waals surface area contributed by atoms with Gasteiger partial charge in [-0.1, -0.05) is 66.7 Å². The normalized spacial score (nSPS) is 15.4. The Morgan fingerprint density at radius 2 is 1.43 bits per heavy atom. The lowest BCUT2D eigenvalue weighted by Crippen LogP contribution is -2.43. The van der Waals surface area contributed by atoms with Gasteiger partial charge in [0.1, 0.15) is 12.1 Å². The Bertz CT molecular complexity index is 1370. The maximum absolute atomic E-state index is 13.0. The van der Waals surface area contributed by atoms with Crippen molar-refractivity contribution in [1.82, 2.24) is 10.2 Å². The second kappa shape index (κ2) is 13.4. The maximum atomic E-state index is 13.0. The van der Waals surface area contributed by atoms with E-state index in [1.807, 2.05) is 78.9 Å². The van der Waals surface area contributed by atoms with Crippen LogP contribution in [0.2, 0.25) is 0 Å². The highest BCUT2D eigenvalue weighted by Gasteiger charge is 2.33. The van der Waals surface area contributed by atoms with Crippen molar-refractivity contribution in [3.63, 3.8) is 0 Å². The number of carbonyl (C=O) groups excluding carboxylic acids is 4. The Hall–Kier alpha value is -4.72. The zero-order valence-corrected chi connectivity index (χ0v) is 22.7. The summed E-state index contributed by atoms with van der Waals surface area (Å²) in [6.07, 6.45) is 5.67. The predicted octanol–water partition coefficient (Wildman–Crippen LogP) is 4.49. The molecule has 0 aliphatic carbocycles. The van der Waals surface area contributed by atoms with Gasteiger partial charge in [-0.15, -0.1) is 0 Å². The standard InChI is InChI=1S/C32H34N4O4/c1-22(33-23(2)37)31(39)34-27-16-12-24(13-17-27)10-11-25-14-18-28(19-15-25)35-32(40)29-9-6-20-36(29)30(38)21-26-7-4-3-5-8-26/h3-5,7-8,10-19,22,29H,6,9,20-21H2,1-2H3,(H,33,37)(H,34,39)(H,35,40)/b11-10+/t22-,29-/m0/s1. The highest BCUT2D eigenvalue weighted by molar-refractivity contribution is 5.98. The third kappa shape index (κ3) is 7.89. The van der Waals surface area contributed by atoms with E-state index < -0.39 is 12.1 Å². The number of carbonyl (C=O) groups is 4. The lowest BCUT2D eigenvalue weighted by atomic mass is 10.1. The Morgan fingerprint density at radius 1 is 0.850 bits per heavy atom. The first-order valence-corrected chi connectivity index (χ1v) is 13.4. The van der Waals surface area contributed by atoms with Crippen molar-refractivity contribution in [3.05, 3.63) is 95.6 Å². The fourth-order valence-corrected chi connectivity index (χ4v) is 4.60. The van der Waals surface area contributed by atoms with Gasteiger partial charge in [0.15, 0.2) is 0 Å². The third-order valence-electron chi connectivity index (χ3n) is 6.71. The van der Waals surface area contributed by atoms with Gasteiger partial charge >= 0.3 is 0 Å². The van der Waals surface area contributed by atoms with Gasteiger partial charge in [-0.3, -0.25) is 19.2 Å². The number of likely N-dealkylation sites (tertiary alicyclic amines) is 1. The number of hydrogen-bond donors (Lipinski definition) is 3. The molecular weight excluding hydrogens is 504 g/mol. The van der Waals surface area contributed by atoms with E-state index >= 15 is 0 Å². The summed E-state index contributed by atoms with van der Waals surface area (Å²) >= 11 is 0. The molecule has 2 atom stereocenters. The molecule has 1 aliphatic heterocycles. The monoisotopic (exact) mass is 538 g/mol. The first kappa shape index (κ1) is 28.3. The molecule has 0 spiro atoms. The van der Waals surface area contributed by atoms with Gasteiger partial charge < -0.3 is 20.9 Å². The van der Waals surface area contributed by atoms with Crippen LogP contribution in [-0.4, -0.2) is 47.2 Å². The van der Waals surface area contributed by atoms with Gasteiger partial charge in [0.25, 0.3) is 0 Å². The molecular formula is C32H34N4O4. The van der Waals surface area contributed by atoms with Gasteiger partial charge in [0.05, 0.1) is 6.42 Å². The van der Waals surface area contributed by atoms with E-state index in [1.54, 1.807) is 24.0 Å². The van der Waals surface area contributed by atoms with E-state index in [1.165, 1.54) is 6.92 Å². The van der Waals surface area contributed by atoms with E-state index in [0.717, 1.165) is 23.1 Å². The summed E-state index contributed by atoms with van der Waals surface area (Å²) in [4.78, 5) is 50.8. The van der Waals surface area contributed by atoms with Crippen LogP contribution in [0.15, 0.2) is 78.9 Å². The average Bonchev–Trinajstić information content (AvgIpc) is 3.44. The Morgan fingerprint density at radius 3 is 2.00 bits per heavy atom. The van der Waals surface area contributed by atoms with Crippen LogP contribution in [0.25, 0.3) is 12.2 Å². The van der Waals surface area contributed by atoms with Crippen molar-refractivity contribution in [1.29, 1.82) is 0 Å². The van der Waals surface area contributed by atoms with Gasteiger partial charge in [0.2, 0.25) is 23.6 Å². The SMILES string of the molecule is CC(=O)N[C@@H](C)C(=O)Nc1ccc(/C=C/c2ccc(NC(=O)[C@@H]3CCCN3C(=O)Cc3ccccc3)cc2)cc1. The van der Waals surface area contributed by atoms with E-state index in [-0.39, 0.29) is 23.6 Å². The number of nitrogens with zero attached hydrogens (tertiary/aromatic N) is 1. The molecule has 0 saturated carbocycles. The van der Waals surface area contributed by atoms with Crippen molar-refractivity contribution in [2.24, 2.45) is 0 Å².